The van der Waals surface area contributed by atoms with Gasteiger partial charge in [0.05, 0.1) is 10.9 Å². The molecule has 0 spiro atoms. The van der Waals surface area contributed by atoms with Crippen molar-refractivity contribution < 1.29 is 17.6 Å². The highest BCUT2D eigenvalue weighted by Gasteiger charge is 2.30. The molecule has 2 nitrogen and oxygen atoms in total. The second-order valence-corrected chi connectivity index (χ2v) is 4.65. The molecule has 0 radical (unpaired) electrons. The summed E-state index contributed by atoms with van der Waals surface area (Å²) in [6.07, 6.45) is -4.48. The molecule has 0 saturated carbocycles. The minimum Gasteiger partial charge on any atom is -0.422 e. The molecule has 2 aromatic carbocycles. The van der Waals surface area contributed by atoms with E-state index in [4.69, 9.17) is 4.42 Å². The van der Waals surface area contributed by atoms with Gasteiger partial charge >= 0.3 is 11.8 Å². The fourth-order valence-electron chi connectivity index (χ4n) is 2.22. The van der Waals surface area contributed by atoms with E-state index in [0.29, 0.717) is 16.4 Å². The molecule has 0 bridgehead atoms. The molecule has 0 N–H and O–H groups in total. The lowest BCUT2D eigenvalue weighted by Crippen LogP contribution is -2.07. The van der Waals surface area contributed by atoms with Crippen LogP contribution in [0.2, 0.25) is 0 Å². The molecule has 3 rings (SSSR count). The average Bonchev–Trinajstić information content (AvgIpc) is 2.38. The smallest absolute Gasteiger partial charge is 0.416 e. The van der Waals surface area contributed by atoms with Crippen molar-refractivity contribution in [1.82, 2.24) is 0 Å². The van der Waals surface area contributed by atoms with Gasteiger partial charge in [-0.15, -0.1) is 0 Å². The summed E-state index contributed by atoms with van der Waals surface area (Å²) in [4.78, 5) is 11.8. The Labute approximate surface area is 111 Å². The maximum Gasteiger partial charge on any atom is 0.416 e. The van der Waals surface area contributed by atoms with Crippen molar-refractivity contribution in [3.05, 3.63) is 57.9 Å². The number of rotatable bonds is 0. The van der Waals surface area contributed by atoms with Gasteiger partial charge in [-0.25, -0.2) is 4.79 Å². The molecule has 1 aromatic heterocycles. The van der Waals surface area contributed by atoms with Crippen LogP contribution in [0.15, 0.2) is 45.6 Å². The molecule has 1 heterocycles. The lowest BCUT2D eigenvalue weighted by Gasteiger charge is -2.08. The highest BCUT2D eigenvalue weighted by atomic mass is 19.4. The molecule has 0 fully saturated rings. The average molecular weight is 278 g/mol. The van der Waals surface area contributed by atoms with Crippen LogP contribution < -0.4 is 5.63 Å². The first kappa shape index (κ1) is 12.7. The number of halogens is 3. The Hall–Kier alpha value is -2.30. The molecule has 0 aliphatic heterocycles. The van der Waals surface area contributed by atoms with E-state index >= 15 is 0 Å². The number of benzene rings is 2. The summed E-state index contributed by atoms with van der Waals surface area (Å²) in [6.45, 7) is 1.86. The number of hydrogen-bond acceptors (Lipinski definition) is 2. The first-order chi connectivity index (χ1) is 9.36. The van der Waals surface area contributed by atoms with E-state index in [0.717, 1.165) is 17.7 Å². The predicted octanol–water partition coefficient (Wildman–Crippen LogP) is 4.27. The van der Waals surface area contributed by atoms with Crippen molar-refractivity contribution in [2.75, 3.05) is 0 Å². The fraction of sp³-hybridized carbons (Fsp3) is 0.133. The third kappa shape index (κ3) is 1.95. The summed E-state index contributed by atoms with van der Waals surface area (Å²) in [7, 11) is 0. The topological polar surface area (TPSA) is 30.2 Å². The Kier molecular flexibility index (Phi) is 2.61. The molecule has 20 heavy (non-hydrogen) atoms. The lowest BCUT2D eigenvalue weighted by atomic mass is 10.0. The van der Waals surface area contributed by atoms with Crippen LogP contribution in [0.1, 0.15) is 11.1 Å². The molecule has 0 aliphatic rings. The van der Waals surface area contributed by atoms with E-state index in [1.807, 2.05) is 6.92 Å². The predicted molar refractivity (Wildman–Crippen MR) is 69.7 cm³/mol. The molecule has 102 valence electrons. The van der Waals surface area contributed by atoms with E-state index < -0.39 is 17.4 Å². The van der Waals surface area contributed by atoms with Crippen LogP contribution in [-0.2, 0) is 6.18 Å². The quantitative estimate of drug-likeness (QED) is 0.454. The van der Waals surface area contributed by atoms with Crippen LogP contribution in [-0.4, -0.2) is 0 Å². The third-order valence-electron chi connectivity index (χ3n) is 3.19. The fourth-order valence-corrected chi connectivity index (χ4v) is 2.22. The highest BCUT2D eigenvalue weighted by molar-refractivity contribution is 6.04. The van der Waals surface area contributed by atoms with Crippen molar-refractivity contribution in [1.29, 1.82) is 0 Å². The molecule has 0 amide bonds. The molecule has 0 atom stereocenters. The largest absolute Gasteiger partial charge is 0.422 e. The SMILES string of the molecule is Cc1ccc2oc(=O)c3cc(C(F)(F)F)ccc3c2c1. The Bertz CT molecular complexity index is 876. The summed E-state index contributed by atoms with van der Waals surface area (Å²) in [6, 6.07) is 8.33. The summed E-state index contributed by atoms with van der Waals surface area (Å²) in [5, 5.41) is 1.04. The maximum absolute atomic E-state index is 12.7. The van der Waals surface area contributed by atoms with Crippen molar-refractivity contribution in [3.8, 4) is 0 Å². The van der Waals surface area contributed by atoms with Crippen LogP contribution in [0.3, 0.4) is 0 Å². The third-order valence-corrected chi connectivity index (χ3v) is 3.19. The van der Waals surface area contributed by atoms with Crippen molar-refractivity contribution in [2.45, 2.75) is 13.1 Å². The van der Waals surface area contributed by atoms with Crippen LogP contribution >= 0.6 is 0 Å². The van der Waals surface area contributed by atoms with Gasteiger partial charge < -0.3 is 4.42 Å². The minimum atomic E-state index is -4.48. The highest BCUT2D eigenvalue weighted by Crippen LogP contribution is 2.32. The Balaban J connectivity index is 2.46. The van der Waals surface area contributed by atoms with E-state index in [-0.39, 0.29) is 5.39 Å². The van der Waals surface area contributed by atoms with Gasteiger partial charge in [0.25, 0.3) is 0 Å². The second kappa shape index (κ2) is 4.10. The van der Waals surface area contributed by atoms with Gasteiger partial charge in [0.15, 0.2) is 0 Å². The van der Waals surface area contributed by atoms with Gasteiger partial charge in [0.1, 0.15) is 5.58 Å². The first-order valence-corrected chi connectivity index (χ1v) is 5.91. The van der Waals surface area contributed by atoms with E-state index in [2.05, 4.69) is 0 Å². The van der Waals surface area contributed by atoms with E-state index in [1.165, 1.54) is 6.07 Å². The zero-order valence-electron chi connectivity index (χ0n) is 10.4. The standard InChI is InChI=1S/C15H9F3O2/c1-8-2-5-13-11(6-8)10-4-3-9(15(16,17)18)7-12(10)14(19)20-13/h2-7H,1H3. The minimum absolute atomic E-state index is 0.0575. The number of alkyl halides is 3. The molecule has 0 unspecified atom stereocenters. The van der Waals surface area contributed by atoms with Gasteiger partial charge in [-0.05, 0) is 36.6 Å². The molecule has 3 aromatic rings. The van der Waals surface area contributed by atoms with Crippen LogP contribution in [0.4, 0.5) is 13.2 Å². The molecule has 0 aliphatic carbocycles. The monoisotopic (exact) mass is 278 g/mol. The van der Waals surface area contributed by atoms with Gasteiger partial charge in [-0.1, -0.05) is 17.7 Å². The van der Waals surface area contributed by atoms with E-state index in [1.54, 1.807) is 18.2 Å². The molecular weight excluding hydrogens is 269 g/mol. The van der Waals surface area contributed by atoms with Crippen LogP contribution in [0.25, 0.3) is 21.7 Å². The summed E-state index contributed by atoms with van der Waals surface area (Å²) in [5.41, 5.74) is -0.313. The van der Waals surface area contributed by atoms with Gasteiger partial charge in [0, 0.05) is 5.39 Å². The molecule has 0 saturated heterocycles. The summed E-state index contributed by atoms with van der Waals surface area (Å²) in [5.74, 6) is 0. The van der Waals surface area contributed by atoms with Crippen LogP contribution in [0, 0.1) is 6.92 Å². The number of fused-ring (bicyclic) bond motifs is 3. The Morgan fingerprint density at radius 1 is 0.950 bits per heavy atom. The van der Waals surface area contributed by atoms with E-state index in [9.17, 15) is 18.0 Å². The first-order valence-electron chi connectivity index (χ1n) is 5.91. The zero-order chi connectivity index (χ0) is 14.5. The van der Waals surface area contributed by atoms with Gasteiger partial charge in [-0.2, -0.15) is 13.2 Å². The van der Waals surface area contributed by atoms with Crippen molar-refractivity contribution in [2.24, 2.45) is 0 Å². The summed E-state index contributed by atoms with van der Waals surface area (Å²) >= 11 is 0. The Morgan fingerprint density at radius 2 is 1.70 bits per heavy atom. The van der Waals surface area contributed by atoms with Gasteiger partial charge in [0.2, 0.25) is 0 Å². The van der Waals surface area contributed by atoms with Crippen LogP contribution in [0.5, 0.6) is 0 Å². The normalized spacial score (nSPS) is 12.2. The van der Waals surface area contributed by atoms with Gasteiger partial charge in [-0.3, -0.25) is 0 Å². The molecular formula is C15H9F3O2. The van der Waals surface area contributed by atoms with Crippen molar-refractivity contribution >= 4 is 21.7 Å². The number of aryl methyl sites for hydroxylation is 1. The number of hydrogen-bond donors (Lipinski definition) is 0. The maximum atomic E-state index is 12.7. The second-order valence-electron chi connectivity index (χ2n) is 4.65. The molecule has 5 heteroatoms. The van der Waals surface area contributed by atoms with Crippen molar-refractivity contribution in [3.63, 3.8) is 0 Å². The lowest BCUT2D eigenvalue weighted by molar-refractivity contribution is -0.137. The summed E-state index contributed by atoms with van der Waals surface area (Å²) < 4.78 is 43.2. The zero-order valence-corrected chi connectivity index (χ0v) is 10.4. The Morgan fingerprint density at radius 3 is 2.40 bits per heavy atom.